The first-order valence-corrected chi connectivity index (χ1v) is 11.0. The molecule has 2 aromatic rings. The Bertz CT molecular complexity index is 1140. The smallest absolute Gasteiger partial charge is 0.343 e. The summed E-state index contributed by atoms with van der Waals surface area (Å²) < 4.78 is 15.5. The summed E-state index contributed by atoms with van der Waals surface area (Å²) in [4.78, 5) is 49.8. The van der Waals surface area contributed by atoms with Crippen LogP contribution in [-0.4, -0.2) is 48.2 Å². The highest BCUT2D eigenvalue weighted by molar-refractivity contribution is 8.18. The van der Waals surface area contributed by atoms with Crippen LogP contribution in [0.4, 0.5) is 4.79 Å². The van der Waals surface area contributed by atoms with Crippen molar-refractivity contribution in [1.82, 2.24) is 4.90 Å². The van der Waals surface area contributed by atoms with Crippen molar-refractivity contribution in [2.45, 2.75) is 13.8 Å². The molecule has 8 nitrogen and oxygen atoms in total. The summed E-state index contributed by atoms with van der Waals surface area (Å²) in [6, 6.07) is 9.84. The number of rotatable bonds is 7. The third kappa shape index (κ3) is 5.74. The molecule has 2 aromatic carbocycles. The van der Waals surface area contributed by atoms with Gasteiger partial charge in [-0.1, -0.05) is 29.3 Å². The number of halogens is 1. The fourth-order valence-corrected chi connectivity index (χ4v) is 3.98. The minimum Gasteiger partial charge on any atom is -0.493 e. The summed E-state index contributed by atoms with van der Waals surface area (Å²) >= 11 is 7.03. The van der Waals surface area contributed by atoms with E-state index in [0.717, 1.165) is 10.5 Å². The average Bonchev–Trinajstić information content (AvgIpc) is 3.03. The lowest BCUT2D eigenvalue weighted by atomic mass is 10.1. The Kier molecular flexibility index (Phi) is 7.78. The van der Waals surface area contributed by atoms with Gasteiger partial charge in [-0.2, -0.15) is 0 Å². The van der Waals surface area contributed by atoms with Crippen LogP contribution in [0.25, 0.3) is 6.08 Å². The molecule has 0 aromatic heterocycles. The quantitative estimate of drug-likeness (QED) is 0.319. The fraction of sp³-hybridized carbons (Fsp3) is 0.217. The summed E-state index contributed by atoms with van der Waals surface area (Å²) in [7, 11) is 1.38. The number of hydrogen-bond acceptors (Lipinski definition) is 8. The number of imide groups is 1. The maximum Gasteiger partial charge on any atom is 0.343 e. The third-order valence-corrected chi connectivity index (χ3v) is 5.69. The predicted molar refractivity (Wildman–Crippen MR) is 123 cm³/mol. The van der Waals surface area contributed by atoms with Crippen molar-refractivity contribution in [3.8, 4) is 11.5 Å². The Labute approximate surface area is 199 Å². The average molecular weight is 490 g/mol. The molecular weight excluding hydrogens is 470 g/mol. The standard InChI is InChI=1S/C23H20ClNO7S/c1-4-31-19(26)12-25-21(27)18(33-23(25)29)11-14-9-16(24)20(17(10-14)30-3)32-22(28)15-7-5-13(2)6-8-15/h5-11H,4,12H2,1-3H3/b18-11-. The number of carbonyl (C=O) groups excluding carboxylic acids is 4. The maximum atomic E-state index is 12.6. The molecule has 1 heterocycles. The van der Waals surface area contributed by atoms with Crippen molar-refractivity contribution in [2.75, 3.05) is 20.3 Å². The van der Waals surface area contributed by atoms with Crippen LogP contribution >= 0.6 is 23.4 Å². The first kappa shape index (κ1) is 24.3. The summed E-state index contributed by atoms with van der Waals surface area (Å²) in [6.45, 7) is 3.21. The van der Waals surface area contributed by atoms with Gasteiger partial charge in [0.05, 0.1) is 29.2 Å². The number of methoxy groups -OCH3 is 1. The molecule has 0 unspecified atom stereocenters. The molecule has 0 N–H and O–H groups in total. The van der Waals surface area contributed by atoms with Gasteiger partial charge in [-0.25, -0.2) is 4.79 Å². The van der Waals surface area contributed by atoms with Crippen LogP contribution < -0.4 is 9.47 Å². The second-order valence-corrected chi connectivity index (χ2v) is 8.26. The number of esters is 2. The van der Waals surface area contributed by atoms with Gasteiger partial charge in [0.2, 0.25) is 0 Å². The first-order chi connectivity index (χ1) is 15.7. The van der Waals surface area contributed by atoms with E-state index < -0.39 is 29.6 Å². The van der Waals surface area contributed by atoms with Gasteiger partial charge in [0, 0.05) is 0 Å². The Morgan fingerprint density at radius 3 is 2.48 bits per heavy atom. The van der Waals surface area contributed by atoms with Gasteiger partial charge in [-0.05, 0) is 61.5 Å². The Morgan fingerprint density at radius 1 is 1.15 bits per heavy atom. The summed E-state index contributed by atoms with van der Waals surface area (Å²) in [5.41, 5.74) is 1.78. The van der Waals surface area contributed by atoms with Crippen molar-refractivity contribution in [3.05, 3.63) is 63.0 Å². The molecule has 0 aliphatic carbocycles. The molecule has 0 radical (unpaired) electrons. The summed E-state index contributed by atoms with van der Waals surface area (Å²) in [5, 5.41) is -0.507. The van der Waals surface area contributed by atoms with Crippen molar-refractivity contribution in [3.63, 3.8) is 0 Å². The summed E-state index contributed by atoms with van der Waals surface area (Å²) in [6.07, 6.45) is 1.44. The molecule has 3 rings (SSSR count). The van der Waals surface area contributed by atoms with E-state index in [1.165, 1.54) is 25.3 Å². The zero-order chi connectivity index (χ0) is 24.1. The lowest BCUT2D eigenvalue weighted by Gasteiger charge is -2.12. The fourth-order valence-electron chi connectivity index (χ4n) is 2.89. The van der Waals surface area contributed by atoms with Crippen LogP contribution in [0.15, 0.2) is 41.3 Å². The van der Waals surface area contributed by atoms with Crippen LogP contribution in [0, 0.1) is 6.92 Å². The maximum absolute atomic E-state index is 12.6. The van der Waals surface area contributed by atoms with Crippen LogP contribution in [0.3, 0.4) is 0 Å². The highest BCUT2D eigenvalue weighted by atomic mass is 35.5. The predicted octanol–water partition coefficient (Wildman–Crippen LogP) is 4.48. The number of amides is 2. The molecule has 0 spiro atoms. The SMILES string of the molecule is CCOC(=O)CN1C(=O)S/C(=C\c2cc(Cl)c(OC(=O)c3ccc(C)cc3)c(OC)c2)C1=O. The van der Waals surface area contributed by atoms with Gasteiger partial charge in [0.1, 0.15) is 6.54 Å². The van der Waals surface area contributed by atoms with E-state index >= 15 is 0 Å². The Hall–Kier alpha value is -3.30. The first-order valence-electron chi connectivity index (χ1n) is 9.80. The molecule has 0 atom stereocenters. The second-order valence-electron chi connectivity index (χ2n) is 6.86. The van der Waals surface area contributed by atoms with Gasteiger partial charge in [-0.15, -0.1) is 0 Å². The monoisotopic (exact) mass is 489 g/mol. The number of carbonyl (C=O) groups is 4. The largest absolute Gasteiger partial charge is 0.493 e. The molecule has 33 heavy (non-hydrogen) atoms. The van der Waals surface area contributed by atoms with Gasteiger partial charge >= 0.3 is 11.9 Å². The molecular formula is C23H20ClNO7S. The number of nitrogens with zero attached hydrogens (tertiary/aromatic N) is 1. The molecule has 0 bridgehead atoms. The molecule has 1 fully saturated rings. The van der Waals surface area contributed by atoms with Crippen molar-refractivity contribution >= 4 is 52.5 Å². The molecule has 1 saturated heterocycles. The van der Waals surface area contributed by atoms with E-state index in [9.17, 15) is 19.2 Å². The van der Waals surface area contributed by atoms with Gasteiger partial charge in [0.15, 0.2) is 11.5 Å². The van der Waals surface area contributed by atoms with Crippen LogP contribution in [0.5, 0.6) is 11.5 Å². The van der Waals surface area contributed by atoms with Crippen molar-refractivity contribution in [1.29, 1.82) is 0 Å². The van der Waals surface area contributed by atoms with Gasteiger partial charge < -0.3 is 14.2 Å². The zero-order valence-electron chi connectivity index (χ0n) is 18.0. The Morgan fingerprint density at radius 2 is 1.85 bits per heavy atom. The zero-order valence-corrected chi connectivity index (χ0v) is 19.6. The van der Waals surface area contributed by atoms with Gasteiger partial charge in [-0.3, -0.25) is 19.3 Å². The van der Waals surface area contributed by atoms with Crippen molar-refractivity contribution in [2.24, 2.45) is 0 Å². The number of hydrogen-bond donors (Lipinski definition) is 0. The summed E-state index contributed by atoms with van der Waals surface area (Å²) in [5.74, 6) is -1.71. The molecule has 2 amide bonds. The van der Waals surface area contributed by atoms with E-state index in [2.05, 4.69) is 0 Å². The lowest BCUT2D eigenvalue weighted by molar-refractivity contribution is -0.145. The van der Waals surface area contributed by atoms with Gasteiger partial charge in [0.25, 0.3) is 11.1 Å². The lowest BCUT2D eigenvalue weighted by Crippen LogP contribution is -2.34. The topological polar surface area (TPSA) is 99.2 Å². The van der Waals surface area contributed by atoms with Crippen LogP contribution in [0.2, 0.25) is 5.02 Å². The van der Waals surface area contributed by atoms with Crippen molar-refractivity contribution < 1.29 is 33.4 Å². The molecule has 0 saturated carbocycles. The van der Waals surface area contributed by atoms with E-state index in [0.29, 0.717) is 22.9 Å². The normalized spacial score (nSPS) is 14.5. The number of ether oxygens (including phenoxy) is 3. The van der Waals surface area contributed by atoms with Crippen LogP contribution in [-0.2, 0) is 14.3 Å². The van der Waals surface area contributed by atoms with E-state index in [1.54, 1.807) is 31.2 Å². The van der Waals surface area contributed by atoms with E-state index in [1.807, 2.05) is 6.92 Å². The third-order valence-electron chi connectivity index (χ3n) is 4.50. The van der Waals surface area contributed by atoms with E-state index in [4.69, 9.17) is 25.8 Å². The highest BCUT2D eigenvalue weighted by Crippen LogP contribution is 2.39. The minimum atomic E-state index is -0.675. The Balaban J connectivity index is 1.83. The minimum absolute atomic E-state index is 0.0253. The molecule has 1 aliphatic rings. The van der Waals surface area contributed by atoms with Crippen LogP contribution in [0.1, 0.15) is 28.4 Å². The number of benzene rings is 2. The number of thioether (sulfide) groups is 1. The second kappa shape index (κ2) is 10.5. The number of aryl methyl sites for hydroxylation is 1. The highest BCUT2D eigenvalue weighted by Gasteiger charge is 2.36. The molecule has 172 valence electrons. The van der Waals surface area contributed by atoms with E-state index in [-0.39, 0.29) is 28.0 Å². The molecule has 1 aliphatic heterocycles. The molecule has 10 heteroatoms.